The lowest BCUT2D eigenvalue weighted by molar-refractivity contribution is -0.114. The Kier molecular flexibility index (Phi) is 5.71. The molecule has 0 aliphatic carbocycles. The van der Waals surface area contributed by atoms with Crippen LogP contribution in [-0.4, -0.2) is 24.1 Å². The fourth-order valence-electron chi connectivity index (χ4n) is 3.70. The summed E-state index contributed by atoms with van der Waals surface area (Å²) in [5.41, 5.74) is 3.44. The molecule has 4 aromatic rings. The van der Waals surface area contributed by atoms with Gasteiger partial charge >= 0.3 is 0 Å². The fraction of sp³-hybridized carbons (Fsp3) is 0.167. The topological polar surface area (TPSA) is 93.1 Å². The zero-order valence-corrected chi connectivity index (χ0v) is 18.9. The van der Waals surface area contributed by atoms with Gasteiger partial charge in [-0.1, -0.05) is 42.5 Å². The van der Waals surface area contributed by atoms with Crippen LogP contribution in [0.1, 0.15) is 23.9 Å². The summed E-state index contributed by atoms with van der Waals surface area (Å²) in [4.78, 5) is 11.3. The smallest absolute Gasteiger partial charge is 0.262 e. The van der Waals surface area contributed by atoms with Crippen LogP contribution in [0, 0.1) is 13.8 Å². The van der Waals surface area contributed by atoms with Crippen LogP contribution in [0.5, 0.6) is 0 Å². The molecule has 0 aliphatic rings. The highest BCUT2D eigenvalue weighted by Gasteiger charge is 2.20. The molecule has 0 bridgehead atoms. The number of benzene rings is 3. The molecule has 164 valence electrons. The van der Waals surface area contributed by atoms with Gasteiger partial charge < -0.3 is 5.32 Å². The Balaban J connectivity index is 1.61. The van der Waals surface area contributed by atoms with Crippen molar-refractivity contribution in [1.82, 2.24) is 9.78 Å². The second-order valence-electron chi connectivity index (χ2n) is 7.65. The number of carbonyl (C=O) groups excluding carboxylic acids is 1. The number of nitrogens with one attached hydrogen (secondary N) is 2. The third-order valence-corrected chi connectivity index (χ3v) is 6.67. The number of anilines is 2. The van der Waals surface area contributed by atoms with Crippen molar-refractivity contribution < 1.29 is 13.2 Å². The molecule has 1 amide bonds. The largest absolute Gasteiger partial charge is 0.326 e. The van der Waals surface area contributed by atoms with Crippen LogP contribution in [0.15, 0.2) is 71.6 Å². The van der Waals surface area contributed by atoms with Crippen molar-refractivity contribution in [3.63, 3.8) is 0 Å². The molecule has 1 aromatic heterocycles. The van der Waals surface area contributed by atoms with E-state index in [1.165, 1.54) is 19.1 Å². The highest BCUT2D eigenvalue weighted by atomic mass is 32.2. The number of sulfonamides is 1. The number of hydrogen-bond acceptors (Lipinski definition) is 4. The molecule has 2 N–H and O–H groups in total. The summed E-state index contributed by atoms with van der Waals surface area (Å²) in [5, 5.41) is 9.49. The third-order valence-electron chi connectivity index (χ3n) is 5.30. The Morgan fingerprint density at radius 3 is 2.38 bits per heavy atom. The lowest BCUT2D eigenvalue weighted by atomic mass is 10.0. The summed E-state index contributed by atoms with van der Waals surface area (Å²) in [6, 6.07) is 20.3. The predicted molar refractivity (Wildman–Crippen MR) is 126 cm³/mol. The third kappa shape index (κ3) is 4.36. The van der Waals surface area contributed by atoms with Crippen molar-refractivity contribution in [3.05, 3.63) is 83.7 Å². The van der Waals surface area contributed by atoms with E-state index in [4.69, 9.17) is 0 Å². The minimum absolute atomic E-state index is 0.104. The van der Waals surface area contributed by atoms with Gasteiger partial charge in [0.15, 0.2) is 0 Å². The van der Waals surface area contributed by atoms with Crippen LogP contribution in [0.25, 0.3) is 10.8 Å². The maximum absolute atomic E-state index is 12.9. The Morgan fingerprint density at radius 1 is 0.969 bits per heavy atom. The van der Waals surface area contributed by atoms with E-state index in [1.807, 2.05) is 29.8 Å². The van der Waals surface area contributed by atoms with Gasteiger partial charge in [0.05, 0.1) is 28.5 Å². The summed E-state index contributed by atoms with van der Waals surface area (Å²) in [7, 11) is -3.81. The van der Waals surface area contributed by atoms with Crippen molar-refractivity contribution in [2.75, 3.05) is 10.0 Å². The Labute approximate surface area is 187 Å². The van der Waals surface area contributed by atoms with Gasteiger partial charge in [0, 0.05) is 12.6 Å². The van der Waals surface area contributed by atoms with Crippen molar-refractivity contribution in [1.29, 1.82) is 0 Å². The van der Waals surface area contributed by atoms with Gasteiger partial charge in [-0.05, 0) is 54.4 Å². The zero-order valence-electron chi connectivity index (χ0n) is 18.1. The number of rotatable bonds is 6. The number of fused-ring (bicyclic) bond motifs is 1. The Bertz CT molecular complexity index is 1400. The number of aromatic nitrogens is 2. The van der Waals surface area contributed by atoms with Crippen molar-refractivity contribution in [2.24, 2.45) is 0 Å². The summed E-state index contributed by atoms with van der Waals surface area (Å²) in [5.74, 6) is -0.219. The first kappa shape index (κ1) is 21.6. The lowest BCUT2D eigenvalue weighted by Crippen LogP contribution is -2.14. The molecule has 7 nitrogen and oxygen atoms in total. The van der Waals surface area contributed by atoms with Gasteiger partial charge in [0.1, 0.15) is 0 Å². The van der Waals surface area contributed by atoms with Crippen LogP contribution in [0.2, 0.25) is 0 Å². The number of amides is 1. The van der Waals surface area contributed by atoms with Gasteiger partial charge in [-0.15, -0.1) is 0 Å². The maximum atomic E-state index is 12.9. The molecule has 0 fully saturated rings. The van der Waals surface area contributed by atoms with Gasteiger partial charge in [-0.25, -0.2) is 8.42 Å². The van der Waals surface area contributed by atoms with E-state index in [9.17, 15) is 13.2 Å². The number of aryl methyl sites for hydroxylation is 1. The SMILES string of the molecule is CC(=O)Nc1ccc(S(=O)(=O)Nc2c(C)nn(Cc3cccc4ccccc34)c2C)cc1. The van der Waals surface area contributed by atoms with Gasteiger partial charge in [-0.2, -0.15) is 5.10 Å². The van der Waals surface area contributed by atoms with Gasteiger partial charge in [0.2, 0.25) is 5.91 Å². The van der Waals surface area contributed by atoms with Crippen LogP contribution in [0.3, 0.4) is 0 Å². The second kappa shape index (κ2) is 8.47. The first-order valence-electron chi connectivity index (χ1n) is 10.2. The molecular formula is C24H24N4O3S. The Hall–Kier alpha value is -3.65. The molecule has 3 aromatic carbocycles. The van der Waals surface area contributed by atoms with Crippen molar-refractivity contribution in [3.8, 4) is 0 Å². The van der Waals surface area contributed by atoms with Gasteiger partial charge in [-0.3, -0.25) is 14.2 Å². The van der Waals surface area contributed by atoms with Crippen molar-refractivity contribution >= 4 is 38.1 Å². The molecule has 0 spiro atoms. The zero-order chi connectivity index (χ0) is 22.9. The molecular weight excluding hydrogens is 424 g/mol. The van der Waals surface area contributed by atoms with E-state index in [-0.39, 0.29) is 10.8 Å². The summed E-state index contributed by atoms with van der Waals surface area (Å²) in [6.07, 6.45) is 0. The minimum Gasteiger partial charge on any atom is -0.326 e. The molecule has 0 saturated heterocycles. The predicted octanol–water partition coefficient (Wildman–Crippen LogP) is 4.46. The molecule has 0 radical (unpaired) electrons. The molecule has 1 heterocycles. The van der Waals surface area contributed by atoms with Crippen LogP contribution in [0.4, 0.5) is 11.4 Å². The van der Waals surface area contributed by atoms with E-state index in [0.717, 1.165) is 22.0 Å². The van der Waals surface area contributed by atoms with Crippen LogP contribution in [-0.2, 0) is 21.4 Å². The quantitative estimate of drug-likeness (QED) is 0.455. The molecule has 8 heteroatoms. The fourth-order valence-corrected chi connectivity index (χ4v) is 4.88. The first-order valence-corrected chi connectivity index (χ1v) is 11.6. The summed E-state index contributed by atoms with van der Waals surface area (Å²) in [6.45, 7) is 5.56. The molecule has 4 rings (SSSR count). The maximum Gasteiger partial charge on any atom is 0.262 e. The molecule has 0 unspecified atom stereocenters. The summed E-state index contributed by atoms with van der Waals surface area (Å²) >= 11 is 0. The number of nitrogens with zero attached hydrogens (tertiary/aromatic N) is 2. The van der Waals surface area contributed by atoms with Crippen LogP contribution < -0.4 is 10.0 Å². The van der Waals surface area contributed by atoms with E-state index in [0.29, 0.717) is 23.6 Å². The molecule has 0 saturated carbocycles. The monoisotopic (exact) mass is 448 g/mol. The molecule has 32 heavy (non-hydrogen) atoms. The average Bonchev–Trinajstić information content (AvgIpc) is 3.01. The normalized spacial score (nSPS) is 11.5. The molecule has 0 atom stereocenters. The van der Waals surface area contributed by atoms with E-state index in [2.05, 4.69) is 39.4 Å². The van der Waals surface area contributed by atoms with Crippen molar-refractivity contribution in [2.45, 2.75) is 32.2 Å². The number of hydrogen-bond donors (Lipinski definition) is 2. The highest BCUT2D eigenvalue weighted by molar-refractivity contribution is 7.92. The average molecular weight is 449 g/mol. The molecule has 0 aliphatic heterocycles. The van der Waals surface area contributed by atoms with E-state index >= 15 is 0 Å². The minimum atomic E-state index is -3.81. The van der Waals surface area contributed by atoms with Gasteiger partial charge in [0.25, 0.3) is 10.0 Å². The number of carbonyl (C=O) groups is 1. The summed E-state index contributed by atoms with van der Waals surface area (Å²) < 4.78 is 30.4. The van der Waals surface area contributed by atoms with Crippen LogP contribution >= 0.6 is 0 Å². The van der Waals surface area contributed by atoms with E-state index in [1.54, 1.807) is 19.1 Å². The standard InChI is InChI=1S/C24H24N4O3S/c1-16-24(27-32(30,31)22-13-11-21(12-14-22)25-18(3)29)17(2)28(26-16)15-20-9-6-8-19-7-4-5-10-23(19)20/h4-14,27H,15H2,1-3H3,(H,25,29). The Morgan fingerprint density at radius 2 is 1.66 bits per heavy atom. The second-order valence-corrected chi connectivity index (χ2v) is 9.34. The lowest BCUT2D eigenvalue weighted by Gasteiger charge is -2.11. The van der Waals surface area contributed by atoms with E-state index < -0.39 is 10.0 Å². The first-order chi connectivity index (χ1) is 15.2. The highest BCUT2D eigenvalue weighted by Crippen LogP contribution is 2.26.